The topological polar surface area (TPSA) is 181 Å². The number of hydrogen-bond donors (Lipinski definition) is 3. The Hall–Kier alpha value is -5.39. The number of nitrogens with zero attached hydrogens (tertiary/aromatic N) is 8. The molecule has 0 bridgehead atoms. The number of aliphatic hydroxyl groups excluding tert-OH is 2. The summed E-state index contributed by atoms with van der Waals surface area (Å²) in [5.74, 6) is 1.50. The summed E-state index contributed by atoms with van der Waals surface area (Å²) in [5, 5.41) is 40.3. The van der Waals surface area contributed by atoms with Gasteiger partial charge in [0.1, 0.15) is 23.7 Å². The predicted octanol–water partition coefficient (Wildman–Crippen LogP) is 7.63. The molecule has 4 heterocycles. The van der Waals surface area contributed by atoms with E-state index < -0.39 is 12.2 Å². The molecule has 0 saturated carbocycles. The molecule has 2 atom stereocenters. The standard InChI is InChI=1S/C21H22ClN5O2.C19H21ClN4O2/c1-13-8-15(10-17(9-13)29-3)20-18(12-27(26-20)7-6-23)19-11-16(5-4-14(2)28)24-21(22)25-19;1-11-6-13(8-15(7-11)26-3)18-16(10-21-24-18)17-9-14(5-4-12(2)25)22-19(20)23-17/h8-12,14,28H,4-5,7H2,1-3H3;6-10,12,25H,4-5H2,1-3H3,(H,21,24)/t14-;12-/m00/s1. The Morgan fingerprint density at radius 1 is 0.764 bits per heavy atom. The van der Waals surface area contributed by atoms with Crippen molar-refractivity contribution in [2.45, 2.75) is 72.1 Å². The lowest BCUT2D eigenvalue weighted by Gasteiger charge is -2.09. The molecule has 6 rings (SSSR count). The average Bonchev–Trinajstić information content (AvgIpc) is 3.81. The van der Waals surface area contributed by atoms with E-state index in [2.05, 4.69) is 47.4 Å². The summed E-state index contributed by atoms with van der Waals surface area (Å²) in [6.07, 6.45) is 5.07. The van der Waals surface area contributed by atoms with Crippen LogP contribution >= 0.6 is 23.2 Å². The third-order valence-corrected chi connectivity index (χ3v) is 8.80. The second kappa shape index (κ2) is 18.8. The van der Waals surface area contributed by atoms with E-state index >= 15 is 0 Å². The van der Waals surface area contributed by atoms with Gasteiger partial charge in [0.15, 0.2) is 0 Å². The van der Waals surface area contributed by atoms with Crippen molar-refractivity contribution in [1.82, 2.24) is 39.9 Å². The SMILES string of the molecule is COc1cc(C)cc(-c2[nH]ncc2-c2cc(CC[C@H](C)O)nc(Cl)n2)c1.COc1cc(C)cc(-c2nn(CC#N)cc2-c2cc(CC[C@H](C)O)nc(Cl)n2)c1. The first-order valence-corrected chi connectivity index (χ1v) is 18.3. The molecule has 2 aromatic carbocycles. The van der Waals surface area contributed by atoms with E-state index in [0.717, 1.165) is 62.0 Å². The molecular weight excluding hydrogens is 741 g/mol. The van der Waals surface area contributed by atoms with E-state index in [1.807, 2.05) is 56.3 Å². The van der Waals surface area contributed by atoms with Gasteiger partial charge in [-0.2, -0.15) is 15.5 Å². The van der Waals surface area contributed by atoms with Crippen molar-refractivity contribution in [2.24, 2.45) is 0 Å². The quantitative estimate of drug-likeness (QED) is 0.0980. The van der Waals surface area contributed by atoms with Crippen molar-refractivity contribution in [1.29, 1.82) is 5.26 Å². The highest BCUT2D eigenvalue weighted by Crippen LogP contribution is 2.35. The summed E-state index contributed by atoms with van der Waals surface area (Å²) >= 11 is 12.3. The number of nitriles is 1. The molecule has 0 amide bonds. The van der Waals surface area contributed by atoms with Crippen molar-refractivity contribution >= 4 is 23.2 Å². The van der Waals surface area contributed by atoms with Crippen LogP contribution in [0.15, 0.2) is 60.9 Å². The molecule has 55 heavy (non-hydrogen) atoms. The maximum absolute atomic E-state index is 9.57. The Morgan fingerprint density at radius 2 is 1.29 bits per heavy atom. The number of H-pyrrole nitrogens is 1. The fourth-order valence-electron chi connectivity index (χ4n) is 5.86. The molecule has 0 aliphatic rings. The van der Waals surface area contributed by atoms with E-state index in [4.69, 9.17) is 37.9 Å². The van der Waals surface area contributed by atoms with E-state index in [1.54, 1.807) is 45.1 Å². The summed E-state index contributed by atoms with van der Waals surface area (Å²) in [5.41, 5.74) is 9.84. The molecule has 13 nitrogen and oxygen atoms in total. The lowest BCUT2D eigenvalue weighted by Crippen LogP contribution is -2.03. The van der Waals surface area contributed by atoms with Gasteiger partial charge in [-0.05, 0) is 136 Å². The molecule has 0 aliphatic carbocycles. The summed E-state index contributed by atoms with van der Waals surface area (Å²) in [7, 11) is 3.26. The molecule has 286 valence electrons. The van der Waals surface area contributed by atoms with Gasteiger partial charge in [-0.25, -0.2) is 19.9 Å². The largest absolute Gasteiger partial charge is 0.497 e. The summed E-state index contributed by atoms with van der Waals surface area (Å²) in [6.45, 7) is 7.59. The van der Waals surface area contributed by atoms with Crippen LogP contribution in [-0.4, -0.2) is 76.6 Å². The molecule has 3 N–H and O–H groups in total. The third-order valence-electron chi connectivity index (χ3n) is 8.46. The van der Waals surface area contributed by atoms with Gasteiger partial charge in [0, 0.05) is 39.8 Å². The first-order valence-electron chi connectivity index (χ1n) is 17.6. The monoisotopic (exact) mass is 783 g/mol. The Kier molecular flexibility index (Phi) is 13.9. The Balaban J connectivity index is 0.000000212. The molecule has 15 heteroatoms. The molecule has 0 fully saturated rings. The van der Waals surface area contributed by atoms with Crippen LogP contribution in [0.25, 0.3) is 45.0 Å². The van der Waals surface area contributed by atoms with Crippen LogP contribution in [0.2, 0.25) is 10.6 Å². The minimum atomic E-state index is -0.430. The molecule has 0 saturated heterocycles. The molecule has 0 spiro atoms. The molecule has 0 unspecified atom stereocenters. The highest BCUT2D eigenvalue weighted by molar-refractivity contribution is 6.28. The fourth-order valence-corrected chi connectivity index (χ4v) is 6.26. The number of aryl methyl sites for hydroxylation is 4. The van der Waals surface area contributed by atoms with Gasteiger partial charge < -0.3 is 19.7 Å². The number of nitrogens with one attached hydrogen (secondary N) is 1. The second-order valence-corrected chi connectivity index (χ2v) is 13.9. The zero-order chi connectivity index (χ0) is 39.6. The van der Waals surface area contributed by atoms with Crippen molar-refractivity contribution in [3.05, 3.63) is 94.0 Å². The van der Waals surface area contributed by atoms with E-state index in [0.29, 0.717) is 42.8 Å². The highest BCUT2D eigenvalue weighted by atomic mass is 35.5. The highest BCUT2D eigenvalue weighted by Gasteiger charge is 2.18. The zero-order valence-corrected chi connectivity index (χ0v) is 33.0. The zero-order valence-electron chi connectivity index (χ0n) is 31.5. The number of ether oxygens (including phenoxy) is 2. The normalized spacial score (nSPS) is 12.0. The van der Waals surface area contributed by atoms with Gasteiger partial charge in [-0.3, -0.25) is 9.78 Å². The van der Waals surface area contributed by atoms with Crippen molar-refractivity contribution in [3.8, 4) is 62.6 Å². The number of hydrogen-bond acceptors (Lipinski definition) is 11. The van der Waals surface area contributed by atoms with Gasteiger partial charge in [-0.15, -0.1) is 0 Å². The van der Waals surface area contributed by atoms with E-state index in [9.17, 15) is 10.2 Å². The van der Waals surface area contributed by atoms with Crippen LogP contribution in [0.5, 0.6) is 11.5 Å². The van der Waals surface area contributed by atoms with Crippen LogP contribution in [0.1, 0.15) is 49.2 Å². The average molecular weight is 785 g/mol. The van der Waals surface area contributed by atoms with Crippen LogP contribution in [0.4, 0.5) is 0 Å². The van der Waals surface area contributed by atoms with E-state index in [-0.39, 0.29) is 17.1 Å². The Morgan fingerprint density at radius 3 is 1.82 bits per heavy atom. The first kappa shape index (κ1) is 40.8. The second-order valence-electron chi connectivity index (χ2n) is 13.2. The lowest BCUT2D eigenvalue weighted by molar-refractivity contribution is 0.184. The third kappa shape index (κ3) is 11.1. The summed E-state index contributed by atoms with van der Waals surface area (Å²) < 4.78 is 12.3. The smallest absolute Gasteiger partial charge is 0.223 e. The van der Waals surface area contributed by atoms with Crippen molar-refractivity contribution in [2.75, 3.05) is 14.2 Å². The van der Waals surface area contributed by atoms with Gasteiger partial charge >= 0.3 is 0 Å². The predicted molar refractivity (Wildman–Crippen MR) is 212 cm³/mol. The lowest BCUT2D eigenvalue weighted by atomic mass is 10.0. The molecule has 4 aromatic heterocycles. The van der Waals surface area contributed by atoms with Crippen LogP contribution in [0, 0.1) is 25.2 Å². The van der Waals surface area contributed by atoms with Crippen molar-refractivity contribution < 1.29 is 19.7 Å². The maximum Gasteiger partial charge on any atom is 0.223 e. The number of aromatic nitrogens is 8. The van der Waals surface area contributed by atoms with Gasteiger partial charge in [0.2, 0.25) is 10.6 Å². The van der Waals surface area contributed by atoms with Gasteiger partial charge in [0.05, 0.1) is 55.8 Å². The minimum absolute atomic E-state index is 0.115. The van der Waals surface area contributed by atoms with Gasteiger partial charge in [0.25, 0.3) is 0 Å². The van der Waals surface area contributed by atoms with Crippen LogP contribution < -0.4 is 9.47 Å². The minimum Gasteiger partial charge on any atom is -0.497 e. The van der Waals surface area contributed by atoms with Crippen molar-refractivity contribution in [3.63, 3.8) is 0 Å². The van der Waals surface area contributed by atoms with E-state index in [1.165, 1.54) is 0 Å². The van der Waals surface area contributed by atoms with Gasteiger partial charge in [-0.1, -0.05) is 0 Å². The number of benzene rings is 2. The first-order chi connectivity index (χ1) is 26.3. The number of rotatable bonds is 13. The molecular formula is C40H43Cl2N9O4. The van der Waals surface area contributed by atoms with Crippen LogP contribution in [0.3, 0.4) is 0 Å². The molecule has 6 aromatic rings. The number of methoxy groups -OCH3 is 2. The molecule has 0 aliphatic heterocycles. The number of aromatic amines is 1. The Labute approximate surface area is 330 Å². The molecule has 0 radical (unpaired) electrons. The number of halogens is 2. The fraction of sp³-hybridized carbons (Fsp3) is 0.325. The summed E-state index contributed by atoms with van der Waals surface area (Å²) in [6, 6.07) is 17.6. The Bertz CT molecular complexity index is 2280. The summed E-state index contributed by atoms with van der Waals surface area (Å²) in [4.78, 5) is 17.2. The van der Waals surface area contributed by atoms with Crippen LogP contribution in [-0.2, 0) is 19.4 Å². The maximum atomic E-state index is 9.57. The number of aliphatic hydroxyl groups is 2.